The molecule has 0 spiro atoms. The lowest BCUT2D eigenvalue weighted by atomic mass is 10.1. The van der Waals surface area contributed by atoms with Crippen molar-refractivity contribution in [1.82, 2.24) is 0 Å². The SMILES string of the molecule is CCCCCCCC/C=C\C/C=C\C/C=C\CCCC(=O)OC[C@H](COP(=O)([O-])OCC[N+](C)(C)C)OC(=O)CCC/C=C\C/C=C\C/C=C\C/C=C\C=C\[C@H](O)CC. The lowest BCUT2D eigenvalue weighted by molar-refractivity contribution is -0.870. The van der Waals surface area contributed by atoms with Crippen molar-refractivity contribution in [3.63, 3.8) is 0 Å². The van der Waals surface area contributed by atoms with Gasteiger partial charge in [0.2, 0.25) is 0 Å². The highest BCUT2D eigenvalue weighted by Crippen LogP contribution is 2.38. The van der Waals surface area contributed by atoms with Crippen molar-refractivity contribution in [3.05, 3.63) is 97.2 Å². The molecule has 0 aromatic rings. The van der Waals surface area contributed by atoms with E-state index in [0.717, 1.165) is 44.9 Å². The number of hydrogen-bond acceptors (Lipinski definition) is 9. The van der Waals surface area contributed by atoms with Gasteiger partial charge in [-0.3, -0.25) is 14.2 Å². The molecule has 0 rings (SSSR count). The van der Waals surface area contributed by atoms with Crippen molar-refractivity contribution in [1.29, 1.82) is 0 Å². The van der Waals surface area contributed by atoms with Gasteiger partial charge in [0.1, 0.15) is 19.8 Å². The minimum absolute atomic E-state index is 0.0611. The number of allylic oxidation sites excluding steroid dienone is 15. The number of carbonyl (C=O) groups is 2. The summed E-state index contributed by atoms with van der Waals surface area (Å²) in [5.41, 5.74) is 0. The third-order valence-corrected chi connectivity index (χ3v) is 9.71. The fourth-order valence-electron chi connectivity index (χ4n) is 5.13. The highest BCUT2D eigenvalue weighted by Gasteiger charge is 2.21. The predicted octanol–water partition coefficient (Wildman–Crippen LogP) is 10.9. The minimum Gasteiger partial charge on any atom is -0.756 e. The molecule has 0 aliphatic carbocycles. The summed E-state index contributed by atoms with van der Waals surface area (Å²) in [6.45, 7) is 3.72. The van der Waals surface area contributed by atoms with Crippen LogP contribution in [0.2, 0.25) is 0 Å². The Balaban J connectivity index is 4.58. The van der Waals surface area contributed by atoms with Crippen LogP contribution in [0, 0.1) is 0 Å². The van der Waals surface area contributed by atoms with E-state index in [0.29, 0.717) is 36.7 Å². The number of aliphatic hydroxyl groups is 1. The molecule has 10 nitrogen and oxygen atoms in total. The van der Waals surface area contributed by atoms with Crippen LogP contribution >= 0.6 is 7.82 Å². The largest absolute Gasteiger partial charge is 0.756 e. The number of rotatable bonds is 38. The van der Waals surface area contributed by atoms with Crippen LogP contribution in [0.3, 0.4) is 0 Å². The zero-order valence-corrected chi connectivity index (χ0v) is 38.2. The fourth-order valence-corrected chi connectivity index (χ4v) is 5.85. The molecule has 1 unspecified atom stereocenters. The molecule has 0 aromatic carbocycles. The van der Waals surface area contributed by atoms with E-state index in [1.165, 1.54) is 38.5 Å². The summed E-state index contributed by atoms with van der Waals surface area (Å²) in [5.74, 6) is -0.994. The van der Waals surface area contributed by atoms with Gasteiger partial charge in [-0.05, 0) is 77.0 Å². The summed E-state index contributed by atoms with van der Waals surface area (Å²) in [7, 11) is 1.06. The summed E-state index contributed by atoms with van der Waals surface area (Å²) in [5, 5.41) is 9.48. The lowest BCUT2D eigenvalue weighted by Gasteiger charge is -2.28. The van der Waals surface area contributed by atoms with E-state index in [2.05, 4.69) is 61.6 Å². The van der Waals surface area contributed by atoms with Gasteiger partial charge in [-0.1, -0.05) is 143 Å². The topological polar surface area (TPSA) is 131 Å². The normalized spacial score (nSPS) is 15.0. The quantitative estimate of drug-likeness (QED) is 0.0161. The van der Waals surface area contributed by atoms with Crippen LogP contribution in [0.1, 0.15) is 136 Å². The molecule has 0 aliphatic rings. The predicted molar refractivity (Wildman–Crippen MR) is 241 cm³/mol. The molecule has 0 aliphatic heterocycles. The van der Waals surface area contributed by atoms with Crippen molar-refractivity contribution < 1.29 is 47.2 Å². The van der Waals surface area contributed by atoms with Crippen molar-refractivity contribution in [3.8, 4) is 0 Å². The summed E-state index contributed by atoms with van der Waals surface area (Å²) >= 11 is 0. The van der Waals surface area contributed by atoms with E-state index >= 15 is 0 Å². The van der Waals surface area contributed by atoms with Crippen molar-refractivity contribution in [2.75, 3.05) is 47.5 Å². The zero-order valence-electron chi connectivity index (χ0n) is 37.3. The monoisotopic (exact) mass is 846 g/mol. The number of aliphatic hydroxyl groups excluding tert-OH is 1. The number of nitrogens with zero attached hydrogens (tertiary/aromatic N) is 1. The van der Waals surface area contributed by atoms with Gasteiger partial charge >= 0.3 is 11.9 Å². The van der Waals surface area contributed by atoms with Crippen molar-refractivity contribution in [2.45, 2.75) is 148 Å². The van der Waals surface area contributed by atoms with Gasteiger partial charge in [-0.15, -0.1) is 0 Å². The third kappa shape index (κ3) is 42.8. The van der Waals surface area contributed by atoms with E-state index in [1.807, 2.05) is 64.5 Å². The maximum Gasteiger partial charge on any atom is 0.306 e. The molecule has 11 heteroatoms. The first-order valence-electron chi connectivity index (χ1n) is 22.1. The molecule has 0 fully saturated rings. The van der Waals surface area contributed by atoms with Gasteiger partial charge in [0.05, 0.1) is 33.9 Å². The van der Waals surface area contributed by atoms with Gasteiger partial charge in [0, 0.05) is 12.8 Å². The minimum atomic E-state index is -4.67. The number of carbonyl (C=O) groups excluding carboxylic acids is 2. The number of likely N-dealkylation sites (N-methyl/N-ethyl adjacent to an activating group) is 1. The Morgan fingerprint density at radius 2 is 1.12 bits per heavy atom. The molecular weight excluding hydrogens is 765 g/mol. The Kier molecular flexibility index (Phi) is 37.0. The van der Waals surface area contributed by atoms with E-state index in [9.17, 15) is 24.2 Å². The van der Waals surface area contributed by atoms with Crippen LogP contribution in [0.4, 0.5) is 0 Å². The van der Waals surface area contributed by atoms with Gasteiger partial charge in [0.25, 0.3) is 7.82 Å². The molecule has 0 amide bonds. The smallest absolute Gasteiger partial charge is 0.306 e. The third-order valence-electron chi connectivity index (χ3n) is 8.75. The van der Waals surface area contributed by atoms with Crippen LogP contribution < -0.4 is 4.89 Å². The van der Waals surface area contributed by atoms with Crippen LogP contribution in [0.15, 0.2) is 97.2 Å². The maximum atomic E-state index is 12.7. The van der Waals surface area contributed by atoms with Gasteiger partial charge < -0.3 is 33.0 Å². The Bertz CT molecular complexity index is 1340. The average molecular weight is 846 g/mol. The van der Waals surface area contributed by atoms with Crippen LogP contribution in [-0.4, -0.2) is 81.2 Å². The molecule has 0 aromatic heterocycles. The molecule has 0 saturated carbocycles. The molecule has 59 heavy (non-hydrogen) atoms. The van der Waals surface area contributed by atoms with E-state index in [4.69, 9.17) is 18.5 Å². The molecular formula is C48H80NO9P. The Morgan fingerprint density at radius 1 is 0.627 bits per heavy atom. The lowest BCUT2D eigenvalue weighted by Crippen LogP contribution is -2.37. The number of quaternary nitrogens is 1. The van der Waals surface area contributed by atoms with Crippen LogP contribution in [0.5, 0.6) is 0 Å². The number of hydrogen-bond donors (Lipinski definition) is 1. The number of phosphoric ester groups is 1. The summed E-state index contributed by atoms with van der Waals surface area (Å²) in [6, 6.07) is 0. The molecule has 0 radical (unpaired) electrons. The van der Waals surface area contributed by atoms with Gasteiger partial charge in [-0.25, -0.2) is 0 Å². The van der Waals surface area contributed by atoms with Crippen molar-refractivity contribution >= 4 is 19.8 Å². The standard InChI is InChI=1S/C48H80NO9P/c1-6-8-9-10-11-12-13-14-15-16-17-21-24-27-30-33-36-39-47(51)55-43-46(44-57-59(53,54)56-42-41-49(3,4)5)58-48(52)40-37-34-31-28-25-22-19-18-20-23-26-29-32-35-38-45(50)7-2/h14-15,17,19-23,27-32,35,38,45-46,50H,6-13,16,18,24-26,33-34,36-37,39-44H2,1-5H3/b15-14-,21-17-,22-19-,23-20-,30-27-,31-28-,32-29-,38-35+/t45-,46-/m1/s1. The molecule has 1 N–H and O–H groups in total. The first kappa shape index (κ1) is 55.9. The number of unbranched alkanes of at least 4 members (excludes halogenated alkanes) is 8. The molecule has 0 bridgehead atoms. The average Bonchev–Trinajstić information content (AvgIpc) is 3.19. The van der Waals surface area contributed by atoms with Crippen LogP contribution in [0.25, 0.3) is 0 Å². The summed E-state index contributed by atoms with van der Waals surface area (Å²) < 4.78 is 33.7. The summed E-state index contributed by atoms with van der Waals surface area (Å²) in [4.78, 5) is 37.5. The van der Waals surface area contributed by atoms with Gasteiger partial charge in [0.15, 0.2) is 6.10 Å². The maximum absolute atomic E-state index is 12.7. The molecule has 336 valence electrons. The highest BCUT2D eigenvalue weighted by atomic mass is 31.2. The summed E-state index contributed by atoms with van der Waals surface area (Å²) in [6.07, 6.45) is 48.3. The van der Waals surface area contributed by atoms with E-state index < -0.39 is 32.5 Å². The highest BCUT2D eigenvalue weighted by molar-refractivity contribution is 7.45. The molecule has 3 atom stereocenters. The second-order valence-electron chi connectivity index (χ2n) is 15.5. The van der Waals surface area contributed by atoms with Gasteiger partial charge in [-0.2, -0.15) is 0 Å². The van der Waals surface area contributed by atoms with E-state index in [-0.39, 0.29) is 32.2 Å². The second kappa shape index (κ2) is 39.1. The van der Waals surface area contributed by atoms with E-state index in [1.54, 1.807) is 6.08 Å². The zero-order chi connectivity index (χ0) is 43.7. The van der Waals surface area contributed by atoms with Crippen molar-refractivity contribution in [2.24, 2.45) is 0 Å². The molecule has 0 heterocycles. The number of ether oxygens (including phenoxy) is 2. The first-order chi connectivity index (χ1) is 28.4. The fraction of sp³-hybridized carbons (Fsp3) is 0.625. The van der Waals surface area contributed by atoms with Crippen LogP contribution in [-0.2, 0) is 32.7 Å². The Hall–Kier alpha value is -3.11. The second-order valence-corrected chi connectivity index (χ2v) is 16.9. The number of esters is 2. The number of phosphoric acid groups is 1. The Labute approximate surface area is 358 Å². The first-order valence-corrected chi connectivity index (χ1v) is 23.5. The molecule has 0 saturated heterocycles. The Morgan fingerprint density at radius 3 is 1.66 bits per heavy atom.